The molecule has 0 aliphatic carbocycles. The van der Waals surface area contributed by atoms with Crippen LogP contribution in [-0.2, 0) is 16.1 Å². The highest BCUT2D eigenvalue weighted by molar-refractivity contribution is 6.09. The van der Waals surface area contributed by atoms with E-state index in [1.54, 1.807) is 11.0 Å². The number of piperidine rings is 4. The Hall–Kier alpha value is -5.63. The molecule has 58 heavy (non-hydrogen) atoms. The molecule has 0 spiro atoms. The summed E-state index contributed by atoms with van der Waals surface area (Å²) in [5.74, 6) is 0.707. The molecule has 4 fully saturated rings. The van der Waals surface area contributed by atoms with Crippen molar-refractivity contribution >= 4 is 51.6 Å². The molecule has 0 bridgehead atoms. The number of hydrogen-bond acceptors (Lipinski definition) is 10. The predicted octanol–water partition coefficient (Wildman–Crippen LogP) is 5.32. The summed E-state index contributed by atoms with van der Waals surface area (Å²) in [5.41, 5.74) is 5.88. The van der Waals surface area contributed by atoms with Crippen LogP contribution in [0.2, 0.25) is 0 Å². The van der Waals surface area contributed by atoms with E-state index in [4.69, 9.17) is 14.6 Å². The van der Waals surface area contributed by atoms with E-state index in [2.05, 4.69) is 54.4 Å². The van der Waals surface area contributed by atoms with Gasteiger partial charge in [-0.1, -0.05) is 12.1 Å². The van der Waals surface area contributed by atoms with Gasteiger partial charge in [-0.05, 0) is 99.2 Å². The summed E-state index contributed by atoms with van der Waals surface area (Å²) in [5, 5.41) is 11.7. The smallest absolute Gasteiger partial charge is 0.259 e. The number of likely N-dealkylation sites (tertiary alicyclic amines) is 1. The van der Waals surface area contributed by atoms with E-state index in [0.717, 1.165) is 118 Å². The first-order chi connectivity index (χ1) is 28.3. The van der Waals surface area contributed by atoms with Crippen molar-refractivity contribution in [3.63, 3.8) is 0 Å². The van der Waals surface area contributed by atoms with Crippen molar-refractivity contribution in [1.29, 1.82) is 0 Å². The third-order valence-electron chi connectivity index (χ3n) is 13.2. The van der Waals surface area contributed by atoms with Gasteiger partial charge in [0, 0.05) is 81.6 Å². The molecule has 1 unspecified atom stereocenters. The van der Waals surface area contributed by atoms with Crippen LogP contribution in [0.15, 0.2) is 54.7 Å². The molecule has 7 heterocycles. The molecular formula is C44H50N8O6. The molecule has 4 aromatic rings. The Balaban J connectivity index is 0.753. The Bertz CT molecular complexity index is 2270. The first-order valence-electron chi connectivity index (χ1n) is 21.1. The van der Waals surface area contributed by atoms with Crippen molar-refractivity contribution in [2.24, 2.45) is 5.92 Å². The standard InChI is InChI=1S/C44H50N8O6/c53-40-10-9-37(43(55)46-40)51-25-29-7-8-32(22-34(29)44(51)56)49-19-11-28(12-20-49)24-48-17-13-31(14-18-48)52-26-30-21-36(38(23-35(30)47-52)50-15-2-1-3-16-50)45-42(54)33-5-4-6-39-41(33)58-27-57-39/h4-8,21-23,26,28,31,37H,1-3,9-20,24-25,27H2,(H,45,54)(H,46,53,55). The lowest BCUT2D eigenvalue weighted by molar-refractivity contribution is -0.136. The number of carbonyl (C=O) groups is 4. The van der Waals surface area contributed by atoms with Gasteiger partial charge < -0.3 is 34.4 Å². The normalized spacial score (nSPS) is 21.8. The Kier molecular flexibility index (Phi) is 9.66. The molecule has 3 aromatic carbocycles. The van der Waals surface area contributed by atoms with E-state index in [-0.39, 0.29) is 36.8 Å². The first-order valence-corrected chi connectivity index (χ1v) is 21.1. The number of ether oxygens (including phenoxy) is 2. The van der Waals surface area contributed by atoms with Crippen LogP contribution >= 0.6 is 0 Å². The van der Waals surface area contributed by atoms with Gasteiger partial charge >= 0.3 is 0 Å². The number of anilines is 3. The maximum absolute atomic E-state index is 13.6. The first kappa shape index (κ1) is 36.7. The highest BCUT2D eigenvalue weighted by Gasteiger charge is 2.39. The van der Waals surface area contributed by atoms with E-state index >= 15 is 0 Å². The molecule has 4 amide bonds. The molecule has 14 nitrogen and oxygen atoms in total. The topological polar surface area (TPSA) is 142 Å². The Labute approximate surface area is 337 Å². The fourth-order valence-corrected chi connectivity index (χ4v) is 9.91. The number of para-hydroxylation sites is 1. The van der Waals surface area contributed by atoms with Gasteiger partial charge in [-0.15, -0.1) is 0 Å². The molecule has 0 radical (unpaired) electrons. The van der Waals surface area contributed by atoms with Gasteiger partial charge in [0.15, 0.2) is 11.5 Å². The minimum absolute atomic E-state index is 0.112. The van der Waals surface area contributed by atoms with Crippen LogP contribution in [0.4, 0.5) is 17.1 Å². The molecule has 0 saturated carbocycles. The molecule has 14 heteroatoms. The van der Waals surface area contributed by atoms with Crippen molar-refractivity contribution in [3.05, 3.63) is 71.4 Å². The van der Waals surface area contributed by atoms with E-state index in [9.17, 15) is 19.2 Å². The fraction of sp³-hybridized carbons (Fsp3) is 0.477. The average Bonchev–Trinajstić information content (AvgIpc) is 3.98. The van der Waals surface area contributed by atoms with Gasteiger partial charge in [-0.25, -0.2) is 0 Å². The molecule has 6 aliphatic rings. The number of fused-ring (bicyclic) bond motifs is 3. The van der Waals surface area contributed by atoms with Crippen LogP contribution in [-0.4, -0.2) is 102 Å². The molecule has 4 saturated heterocycles. The number of nitrogens with one attached hydrogen (secondary N) is 2. The van der Waals surface area contributed by atoms with Crippen LogP contribution in [0.3, 0.4) is 0 Å². The monoisotopic (exact) mass is 786 g/mol. The highest BCUT2D eigenvalue weighted by atomic mass is 16.7. The number of benzene rings is 3. The van der Waals surface area contributed by atoms with Crippen molar-refractivity contribution in [2.45, 2.75) is 76.4 Å². The molecule has 1 atom stereocenters. The maximum Gasteiger partial charge on any atom is 0.259 e. The summed E-state index contributed by atoms with van der Waals surface area (Å²) >= 11 is 0. The molecule has 2 N–H and O–H groups in total. The van der Waals surface area contributed by atoms with Crippen LogP contribution in [0.1, 0.15) is 90.1 Å². The lowest BCUT2D eigenvalue weighted by Gasteiger charge is -2.38. The zero-order valence-electron chi connectivity index (χ0n) is 32.8. The predicted molar refractivity (Wildman–Crippen MR) is 218 cm³/mol. The number of hydrogen-bond donors (Lipinski definition) is 2. The quantitative estimate of drug-likeness (QED) is 0.226. The average molecular weight is 787 g/mol. The van der Waals surface area contributed by atoms with Gasteiger partial charge in [0.1, 0.15) is 6.04 Å². The number of imide groups is 1. The Morgan fingerprint density at radius 3 is 2.50 bits per heavy atom. The largest absolute Gasteiger partial charge is 0.454 e. The summed E-state index contributed by atoms with van der Waals surface area (Å²) in [6.45, 7) is 7.47. The van der Waals surface area contributed by atoms with Crippen molar-refractivity contribution in [2.75, 3.05) is 67.7 Å². The van der Waals surface area contributed by atoms with Crippen LogP contribution < -0.4 is 29.9 Å². The van der Waals surface area contributed by atoms with Crippen molar-refractivity contribution < 1.29 is 28.7 Å². The number of carbonyl (C=O) groups excluding carboxylic acids is 4. The molecule has 1 aromatic heterocycles. The van der Waals surface area contributed by atoms with Crippen molar-refractivity contribution in [3.8, 4) is 11.5 Å². The zero-order valence-corrected chi connectivity index (χ0v) is 32.8. The molecule has 10 rings (SSSR count). The van der Waals surface area contributed by atoms with Crippen LogP contribution in [0, 0.1) is 5.92 Å². The molecule has 302 valence electrons. The lowest BCUT2D eigenvalue weighted by Crippen LogP contribution is -2.52. The highest BCUT2D eigenvalue weighted by Crippen LogP contribution is 2.39. The van der Waals surface area contributed by atoms with Gasteiger partial charge in [-0.3, -0.25) is 29.2 Å². The second-order valence-electron chi connectivity index (χ2n) is 16.8. The summed E-state index contributed by atoms with van der Waals surface area (Å²) in [6.07, 6.45) is 10.5. The maximum atomic E-state index is 13.6. The second kappa shape index (κ2) is 15.3. The molecular weight excluding hydrogens is 737 g/mol. The van der Waals surface area contributed by atoms with Gasteiger partial charge in [0.05, 0.1) is 28.5 Å². The third kappa shape index (κ3) is 7.01. The summed E-state index contributed by atoms with van der Waals surface area (Å²) < 4.78 is 13.3. The van der Waals surface area contributed by atoms with Crippen molar-refractivity contribution in [1.82, 2.24) is 24.9 Å². The van der Waals surface area contributed by atoms with Crippen LogP contribution in [0.5, 0.6) is 11.5 Å². The van der Waals surface area contributed by atoms with E-state index in [1.807, 2.05) is 24.3 Å². The number of aromatic nitrogens is 2. The third-order valence-corrected chi connectivity index (χ3v) is 13.2. The van der Waals surface area contributed by atoms with E-state index in [1.165, 1.54) is 6.42 Å². The summed E-state index contributed by atoms with van der Waals surface area (Å²) in [4.78, 5) is 60.2. The minimum Gasteiger partial charge on any atom is -0.454 e. The summed E-state index contributed by atoms with van der Waals surface area (Å²) in [7, 11) is 0. The zero-order chi connectivity index (χ0) is 39.3. The molecule has 6 aliphatic heterocycles. The minimum atomic E-state index is -0.596. The van der Waals surface area contributed by atoms with Gasteiger partial charge in [-0.2, -0.15) is 5.10 Å². The second-order valence-corrected chi connectivity index (χ2v) is 16.8. The Morgan fingerprint density at radius 1 is 0.862 bits per heavy atom. The van der Waals surface area contributed by atoms with E-state index < -0.39 is 6.04 Å². The number of nitrogens with zero attached hydrogens (tertiary/aromatic N) is 6. The van der Waals surface area contributed by atoms with Crippen LogP contribution in [0.25, 0.3) is 10.9 Å². The van der Waals surface area contributed by atoms with E-state index in [0.29, 0.717) is 47.6 Å². The fourth-order valence-electron chi connectivity index (χ4n) is 9.91. The SMILES string of the molecule is O=C1CCC(N2Cc3ccc(N4CCC(CN5CCC(n6cc7cc(NC(=O)c8cccc9c8OCO9)c(N8CCCCC8)cc7n6)CC5)CC4)cc3C2=O)C(=O)N1. The Morgan fingerprint density at radius 2 is 1.69 bits per heavy atom. The number of rotatable bonds is 8. The number of amides is 4. The van der Waals surface area contributed by atoms with Gasteiger partial charge in [0.2, 0.25) is 18.6 Å². The van der Waals surface area contributed by atoms with Gasteiger partial charge in [0.25, 0.3) is 11.8 Å². The summed E-state index contributed by atoms with van der Waals surface area (Å²) in [6, 6.07) is 15.5. The lowest BCUT2D eigenvalue weighted by atomic mass is 9.94.